The van der Waals surface area contributed by atoms with Crippen LogP contribution < -0.4 is 10.6 Å². The smallest absolute Gasteiger partial charge is 0.253 e. The van der Waals surface area contributed by atoms with Gasteiger partial charge in [0.2, 0.25) is 0 Å². The molecule has 1 amide bonds. The highest BCUT2D eigenvalue weighted by Gasteiger charge is 2.12. The number of aromatic nitrogens is 2. The van der Waals surface area contributed by atoms with Crippen LogP contribution in [0.5, 0.6) is 0 Å². The summed E-state index contributed by atoms with van der Waals surface area (Å²) in [4.78, 5) is 20.2. The van der Waals surface area contributed by atoms with E-state index in [4.69, 9.17) is 0 Å². The van der Waals surface area contributed by atoms with E-state index in [1.165, 1.54) is 5.56 Å². The molecule has 2 aromatic heterocycles. The van der Waals surface area contributed by atoms with Crippen LogP contribution in [0.3, 0.4) is 0 Å². The molecular weight excluding hydrogens is 300 g/mol. The summed E-state index contributed by atoms with van der Waals surface area (Å²) in [6.07, 6.45) is 4.74. The molecule has 1 aromatic carbocycles. The Balaban J connectivity index is 1.39. The number of aromatic amines is 1. The van der Waals surface area contributed by atoms with E-state index in [1.807, 2.05) is 24.3 Å². The van der Waals surface area contributed by atoms with Crippen LogP contribution in [0, 0.1) is 0 Å². The molecule has 0 atom stereocenters. The molecule has 0 radical (unpaired) electrons. The van der Waals surface area contributed by atoms with Crippen LogP contribution in [-0.4, -0.2) is 29.0 Å². The van der Waals surface area contributed by atoms with Gasteiger partial charge in [-0.1, -0.05) is 24.3 Å². The number of nitrogens with zero attached hydrogens (tertiary/aromatic N) is 1. The minimum absolute atomic E-state index is 0.0523. The standard InChI is InChI=1S/C19H20N4O/c24-19(16-12-22-17-6-2-1-5-15(16)17)21-11-9-14-8-7-13-4-3-10-20-18(13)23-14/h1-2,5-8,12,22H,3-4,9-11H2,(H,20,23)(H,21,24). The van der Waals surface area contributed by atoms with Crippen LogP contribution in [0.1, 0.15) is 28.0 Å². The van der Waals surface area contributed by atoms with Crippen molar-refractivity contribution in [3.8, 4) is 0 Å². The molecule has 0 saturated carbocycles. The predicted molar refractivity (Wildman–Crippen MR) is 95.4 cm³/mol. The number of carbonyl (C=O) groups is 1. The molecule has 0 aliphatic carbocycles. The zero-order valence-corrected chi connectivity index (χ0v) is 13.4. The molecule has 0 spiro atoms. The first-order valence-electron chi connectivity index (χ1n) is 8.38. The topological polar surface area (TPSA) is 69.8 Å². The summed E-state index contributed by atoms with van der Waals surface area (Å²) < 4.78 is 0. The molecule has 0 bridgehead atoms. The zero-order valence-electron chi connectivity index (χ0n) is 13.4. The van der Waals surface area contributed by atoms with E-state index in [-0.39, 0.29) is 5.91 Å². The second kappa shape index (κ2) is 6.35. The van der Waals surface area contributed by atoms with Gasteiger partial charge < -0.3 is 15.6 Å². The fourth-order valence-electron chi connectivity index (χ4n) is 3.17. The highest BCUT2D eigenvalue weighted by molar-refractivity contribution is 6.06. The number of nitrogens with one attached hydrogen (secondary N) is 3. The molecule has 0 fully saturated rings. The van der Waals surface area contributed by atoms with Gasteiger partial charge in [-0.15, -0.1) is 0 Å². The van der Waals surface area contributed by atoms with Crippen LogP contribution in [0.15, 0.2) is 42.6 Å². The van der Waals surface area contributed by atoms with Crippen molar-refractivity contribution < 1.29 is 4.79 Å². The van der Waals surface area contributed by atoms with Crippen molar-refractivity contribution in [2.45, 2.75) is 19.3 Å². The zero-order chi connectivity index (χ0) is 16.4. The van der Waals surface area contributed by atoms with Crippen molar-refractivity contribution in [3.05, 3.63) is 59.4 Å². The number of rotatable bonds is 4. The third-order valence-corrected chi connectivity index (χ3v) is 4.45. The van der Waals surface area contributed by atoms with Crippen molar-refractivity contribution in [2.24, 2.45) is 0 Å². The van der Waals surface area contributed by atoms with Gasteiger partial charge >= 0.3 is 0 Å². The first-order valence-corrected chi connectivity index (χ1v) is 8.38. The van der Waals surface area contributed by atoms with E-state index in [0.29, 0.717) is 12.1 Å². The summed E-state index contributed by atoms with van der Waals surface area (Å²) in [5.41, 5.74) is 3.95. The number of hydrogen-bond donors (Lipinski definition) is 3. The van der Waals surface area contributed by atoms with Gasteiger partial charge in [0.05, 0.1) is 5.56 Å². The number of pyridine rings is 1. The molecule has 0 unspecified atom stereocenters. The number of carbonyl (C=O) groups excluding carboxylic acids is 1. The molecule has 3 aromatic rings. The predicted octanol–water partition coefficient (Wildman–Crippen LogP) is 2.89. The maximum Gasteiger partial charge on any atom is 0.253 e. The molecule has 5 heteroatoms. The Bertz CT molecular complexity index is 884. The summed E-state index contributed by atoms with van der Waals surface area (Å²) in [5, 5.41) is 7.28. The van der Waals surface area contributed by atoms with E-state index in [1.54, 1.807) is 6.20 Å². The summed E-state index contributed by atoms with van der Waals surface area (Å²) in [6, 6.07) is 12.0. The number of aryl methyl sites for hydroxylation is 1. The first kappa shape index (κ1) is 14.8. The highest BCUT2D eigenvalue weighted by atomic mass is 16.1. The van der Waals surface area contributed by atoms with Gasteiger partial charge in [-0.3, -0.25) is 4.79 Å². The minimum atomic E-state index is -0.0523. The third kappa shape index (κ3) is 2.85. The lowest BCUT2D eigenvalue weighted by molar-refractivity contribution is 0.0956. The highest BCUT2D eigenvalue weighted by Crippen LogP contribution is 2.20. The molecule has 3 N–H and O–H groups in total. The number of fused-ring (bicyclic) bond motifs is 2. The second-order valence-electron chi connectivity index (χ2n) is 6.09. The van der Waals surface area contributed by atoms with Crippen molar-refractivity contribution in [2.75, 3.05) is 18.4 Å². The number of para-hydroxylation sites is 1. The lowest BCUT2D eigenvalue weighted by atomic mass is 10.1. The maximum absolute atomic E-state index is 12.4. The Morgan fingerprint density at radius 3 is 3.08 bits per heavy atom. The van der Waals surface area contributed by atoms with Gasteiger partial charge in [-0.2, -0.15) is 0 Å². The summed E-state index contributed by atoms with van der Waals surface area (Å²) >= 11 is 0. The largest absolute Gasteiger partial charge is 0.370 e. The molecule has 1 aliphatic rings. The number of hydrogen-bond acceptors (Lipinski definition) is 3. The molecule has 5 nitrogen and oxygen atoms in total. The fourth-order valence-corrected chi connectivity index (χ4v) is 3.17. The molecule has 4 rings (SSSR count). The Hall–Kier alpha value is -2.82. The van der Waals surface area contributed by atoms with E-state index < -0.39 is 0 Å². The van der Waals surface area contributed by atoms with Crippen molar-refractivity contribution in [1.82, 2.24) is 15.3 Å². The van der Waals surface area contributed by atoms with Gasteiger partial charge in [0.25, 0.3) is 5.91 Å². The SMILES string of the molecule is O=C(NCCc1ccc2c(n1)NCCC2)c1c[nH]c2ccccc12. The molecule has 24 heavy (non-hydrogen) atoms. The first-order chi connectivity index (χ1) is 11.8. The van der Waals surface area contributed by atoms with Gasteiger partial charge in [0.1, 0.15) is 5.82 Å². The van der Waals surface area contributed by atoms with Crippen molar-refractivity contribution in [1.29, 1.82) is 0 Å². The number of anilines is 1. The molecule has 1 aliphatic heterocycles. The molecule has 0 saturated heterocycles. The Morgan fingerprint density at radius 2 is 2.12 bits per heavy atom. The lowest BCUT2D eigenvalue weighted by Crippen LogP contribution is -2.26. The van der Waals surface area contributed by atoms with E-state index in [9.17, 15) is 4.79 Å². The van der Waals surface area contributed by atoms with Crippen LogP contribution in [0.4, 0.5) is 5.82 Å². The van der Waals surface area contributed by atoms with Crippen LogP contribution in [0.2, 0.25) is 0 Å². The van der Waals surface area contributed by atoms with Crippen molar-refractivity contribution >= 4 is 22.6 Å². The van der Waals surface area contributed by atoms with Gasteiger partial charge in [0.15, 0.2) is 0 Å². The second-order valence-corrected chi connectivity index (χ2v) is 6.09. The van der Waals surface area contributed by atoms with Gasteiger partial charge in [0, 0.05) is 42.3 Å². The molecule has 3 heterocycles. The van der Waals surface area contributed by atoms with Crippen LogP contribution >= 0.6 is 0 Å². The van der Waals surface area contributed by atoms with E-state index in [0.717, 1.165) is 48.2 Å². The van der Waals surface area contributed by atoms with Crippen LogP contribution in [-0.2, 0) is 12.8 Å². The minimum Gasteiger partial charge on any atom is -0.370 e. The van der Waals surface area contributed by atoms with Crippen LogP contribution in [0.25, 0.3) is 10.9 Å². The van der Waals surface area contributed by atoms with E-state index >= 15 is 0 Å². The fraction of sp³-hybridized carbons (Fsp3) is 0.263. The summed E-state index contributed by atoms with van der Waals surface area (Å²) in [7, 11) is 0. The Morgan fingerprint density at radius 1 is 1.21 bits per heavy atom. The number of benzene rings is 1. The quantitative estimate of drug-likeness (QED) is 0.692. The van der Waals surface area contributed by atoms with E-state index in [2.05, 4.69) is 32.7 Å². The average molecular weight is 320 g/mol. The molecular formula is C19H20N4O. The normalized spacial score (nSPS) is 13.3. The van der Waals surface area contributed by atoms with Gasteiger partial charge in [-0.05, 0) is 30.5 Å². The average Bonchev–Trinajstić information content (AvgIpc) is 3.06. The third-order valence-electron chi connectivity index (χ3n) is 4.45. The summed E-state index contributed by atoms with van der Waals surface area (Å²) in [6.45, 7) is 1.56. The monoisotopic (exact) mass is 320 g/mol. The Kier molecular flexibility index (Phi) is 3.91. The van der Waals surface area contributed by atoms with Gasteiger partial charge in [-0.25, -0.2) is 4.98 Å². The lowest BCUT2D eigenvalue weighted by Gasteiger charge is -2.17. The number of H-pyrrole nitrogens is 1. The summed E-state index contributed by atoms with van der Waals surface area (Å²) in [5.74, 6) is 0.949. The number of amides is 1. The van der Waals surface area contributed by atoms with Crippen molar-refractivity contribution in [3.63, 3.8) is 0 Å². The maximum atomic E-state index is 12.4. The molecule has 122 valence electrons. The Labute approximate surface area is 140 Å².